The number of halogens is 5. The standard InChI is InChI=1S/C51H62Cl2F3N7O6/c1-31-46(65)58-41(29-68-8)48(67)61(7)50(23-32-10-14-35(52)15-11-32)18-9-19-62(30-50)47(66)38(34-24-51(55,56)25-34)22-45(64)63(31)27-39-40(54)20-36(53)21-43(39)69-37-16-12-33(13-17-37)42-26-57-44(60(42)6)28-59(5)49(2,3)4/h10-17,20-21,26,31,34,38,41H,9,18-19,22-25,27-30H2,1-8H3,(H,58,65)/t31-,38-,41-,50+/m0/s1. The highest BCUT2D eigenvalue weighted by Crippen LogP contribution is 2.48. The second kappa shape index (κ2) is 20.7. The molecule has 2 bridgehead atoms. The molecule has 3 aliphatic rings. The van der Waals surface area contributed by atoms with Crippen molar-refractivity contribution < 1.29 is 41.8 Å². The Labute approximate surface area is 412 Å². The number of hydrogen-bond acceptors (Lipinski definition) is 8. The molecule has 7 rings (SSSR count). The molecule has 18 heteroatoms. The smallest absolute Gasteiger partial charge is 0.248 e. The third-order valence-corrected chi connectivity index (χ3v) is 14.8. The molecule has 2 aliphatic heterocycles. The zero-order chi connectivity index (χ0) is 50.2. The molecule has 3 aromatic carbocycles. The molecule has 4 atom stereocenters. The topological polar surface area (TPSA) is 130 Å². The number of methoxy groups -OCH3 is 1. The molecule has 1 aliphatic carbocycles. The second-order valence-electron chi connectivity index (χ2n) is 20.0. The van der Waals surface area contributed by atoms with Gasteiger partial charge in [-0.2, -0.15) is 0 Å². The van der Waals surface area contributed by atoms with E-state index in [0.717, 1.165) is 33.6 Å². The molecule has 1 N–H and O–H groups in total. The monoisotopic (exact) mass is 995 g/mol. The number of carbonyl (C=O) groups is 4. The number of amides is 4. The number of likely N-dealkylation sites (N-methyl/N-ethyl adjacent to an activating group) is 1. The zero-order valence-electron chi connectivity index (χ0n) is 40.5. The van der Waals surface area contributed by atoms with Crippen molar-refractivity contribution in [3.8, 4) is 22.8 Å². The van der Waals surface area contributed by atoms with Gasteiger partial charge in [0.05, 0.1) is 43.0 Å². The minimum absolute atomic E-state index is 0.00100. The van der Waals surface area contributed by atoms with Crippen LogP contribution in [0, 0.1) is 17.7 Å². The van der Waals surface area contributed by atoms with Crippen molar-refractivity contribution in [2.45, 2.75) is 108 Å². The van der Waals surface area contributed by atoms with Gasteiger partial charge in [0.25, 0.3) is 0 Å². The molecule has 0 spiro atoms. The number of rotatable bonds is 12. The molecule has 4 amide bonds. The molecule has 2 saturated heterocycles. The maximum atomic E-state index is 16.4. The molecule has 372 valence electrons. The van der Waals surface area contributed by atoms with Crippen molar-refractivity contribution in [3.05, 3.63) is 99.7 Å². The Morgan fingerprint density at radius 3 is 2.28 bits per heavy atom. The SMILES string of the molecule is COC[C@@H]1NC(=O)[C@H](C)N(Cc2c(F)cc(Cl)cc2Oc2ccc(-c3cnc(CN(C)C(C)(C)C)n3C)cc2)C(=O)C[C@@H](C2CC(F)(F)C2)C(=O)N2CCC[C@@](Cc3ccc(Cl)cc3)(C2)N(C)C1=O. The first-order chi connectivity index (χ1) is 32.5. The summed E-state index contributed by atoms with van der Waals surface area (Å²) in [6.45, 7) is 7.96. The normalized spacial score (nSPS) is 23.0. The second-order valence-corrected chi connectivity index (χ2v) is 20.8. The summed E-state index contributed by atoms with van der Waals surface area (Å²) in [5.41, 5.74) is 1.35. The number of alkyl halides is 2. The summed E-state index contributed by atoms with van der Waals surface area (Å²) in [5, 5.41) is 3.31. The number of nitrogens with one attached hydrogen (secondary N) is 1. The number of imidazole rings is 1. The van der Waals surface area contributed by atoms with Crippen LogP contribution in [-0.2, 0) is 50.5 Å². The molecular weight excluding hydrogens is 935 g/mol. The first-order valence-electron chi connectivity index (χ1n) is 23.2. The Morgan fingerprint density at radius 2 is 1.64 bits per heavy atom. The van der Waals surface area contributed by atoms with Gasteiger partial charge in [0.1, 0.15) is 35.2 Å². The van der Waals surface area contributed by atoms with E-state index in [0.29, 0.717) is 36.6 Å². The van der Waals surface area contributed by atoms with Crippen LogP contribution in [0.15, 0.2) is 66.9 Å². The van der Waals surface area contributed by atoms with Crippen LogP contribution in [0.5, 0.6) is 11.5 Å². The molecule has 13 nitrogen and oxygen atoms in total. The summed E-state index contributed by atoms with van der Waals surface area (Å²) in [5.74, 6) is -7.33. The Hall–Kier alpha value is -5.16. The molecule has 1 saturated carbocycles. The summed E-state index contributed by atoms with van der Waals surface area (Å²) in [6.07, 6.45) is 1.30. The fourth-order valence-electron chi connectivity index (χ4n) is 9.62. The lowest BCUT2D eigenvalue weighted by Gasteiger charge is -2.51. The predicted molar refractivity (Wildman–Crippen MR) is 257 cm³/mol. The average Bonchev–Trinajstić information content (AvgIpc) is 3.65. The fourth-order valence-corrected chi connectivity index (χ4v) is 9.94. The van der Waals surface area contributed by atoms with Crippen molar-refractivity contribution in [1.29, 1.82) is 0 Å². The highest BCUT2D eigenvalue weighted by atomic mass is 35.5. The molecule has 1 aromatic heterocycles. The fraction of sp³-hybridized carbons (Fsp3) is 0.510. The van der Waals surface area contributed by atoms with Crippen molar-refractivity contribution in [2.75, 3.05) is 40.9 Å². The number of aromatic nitrogens is 2. The lowest BCUT2D eigenvalue weighted by Crippen LogP contribution is -2.66. The van der Waals surface area contributed by atoms with Crippen LogP contribution in [0.4, 0.5) is 13.2 Å². The van der Waals surface area contributed by atoms with E-state index < -0.39 is 90.6 Å². The van der Waals surface area contributed by atoms with Crippen molar-refractivity contribution >= 4 is 46.8 Å². The van der Waals surface area contributed by atoms with Gasteiger partial charge in [-0.15, -0.1) is 0 Å². The van der Waals surface area contributed by atoms with Gasteiger partial charge in [-0.25, -0.2) is 18.2 Å². The number of ether oxygens (including phenoxy) is 2. The highest BCUT2D eigenvalue weighted by molar-refractivity contribution is 6.31. The Bertz CT molecular complexity index is 2530. The molecule has 0 radical (unpaired) electrons. The van der Waals surface area contributed by atoms with E-state index in [1.165, 1.54) is 20.1 Å². The Morgan fingerprint density at radius 1 is 0.957 bits per heavy atom. The van der Waals surface area contributed by atoms with Gasteiger partial charge in [-0.1, -0.05) is 35.3 Å². The number of benzene rings is 3. The Balaban J connectivity index is 1.22. The average molecular weight is 997 g/mol. The van der Waals surface area contributed by atoms with Gasteiger partial charge >= 0.3 is 0 Å². The van der Waals surface area contributed by atoms with Crippen LogP contribution in [0.25, 0.3) is 11.3 Å². The van der Waals surface area contributed by atoms with Crippen molar-refractivity contribution in [3.63, 3.8) is 0 Å². The van der Waals surface area contributed by atoms with Crippen molar-refractivity contribution in [1.82, 2.24) is 34.5 Å². The van der Waals surface area contributed by atoms with Gasteiger partial charge in [0, 0.05) is 80.3 Å². The first kappa shape index (κ1) is 51.7. The van der Waals surface area contributed by atoms with Gasteiger partial charge in [-0.3, -0.25) is 24.1 Å². The maximum absolute atomic E-state index is 16.4. The van der Waals surface area contributed by atoms with E-state index in [9.17, 15) is 28.0 Å². The lowest BCUT2D eigenvalue weighted by molar-refractivity contribution is -0.164. The largest absolute Gasteiger partial charge is 0.457 e. The summed E-state index contributed by atoms with van der Waals surface area (Å²) in [6, 6.07) is 14.1. The van der Waals surface area contributed by atoms with Gasteiger partial charge in [-0.05, 0) is 114 Å². The van der Waals surface area contributed by atoms with Crippen molar-refractivity contribution in [2.24, 2.45) is 18.9 Å². The number of carbonyl (C=O) groups excluding carboxylic acids is 4. The molecule has 69 heavy (non-hydrogen) atoms. The Kier molecular flexibility index (Phi) is 15.5. The summed E-state index contributed by atoms with van der Waals surface area (Å²) >= 11 is 12.6. The number of fused-ring (bicyclic) bond motifs is 2. The summed E-state index contributed by atoms with van der Waals surface area (Å²) < 4.78 is 59.4. The first-order valence-corrected chi connectivity index (χ1v) is 24.0. The van der Waals surface area contributed by atoms with E-state index in [2.05, 4.69) is 36.0 Å². The molecule has 3 heterocycles. The quantitative estimate of drug-likeness (QED) is 0.150. The number of hydrogen-bond donors (Lipinski definition) is 1. The van der Waals surface area contributed by atoms with E-state index >= 15 is 4.39 Å². The van der Waals surface area contributed by atoms with Crippen LogP contribution >= 0.6 is 23.2 Å². The summed E-state index contributed by atoms with van der Waals surface area (Å²) in [7, 11) is 6.99. The molecular formula is C51H62Cl2F3N7O6. The summed E-state index contributed by atoms with van der Waals surface area (Å²) in [4.78, 5) is 69.9. The molecule has 3 fully saturated rings. The molecule has 0 unspecified atom stereocenters. The van der Waals surface area contributed by atoms with E-state index in [1.54, 1.807) is 47.3 Å². The lowest BCUT2D eigenvalue weighted by atomic mass is 9.70. The highest BCUT2D eigenvalue weighted by Gasteiger charge is 2.53. The van der Waals surface area contributed by atoms with Gasteiger partial charge < -0.3 is 34.1 Å². The minimum atomic E-state index is -3.02. The predicted octanol–water partition coefficient (Wildman–Crippen LogP) is 8.53. The van der Waals surface area contributed by atoms with Gasteiger partial charge in [0.15, 0.2) is 0 Å². The van der Waals surface area contributed by atoms with E-state index in [-0.39, 0.29) is 41.6 Å². The zero-order valence-corrected chi connectivity index (χ0v) is 42.0. The van der Waals surface area contributed by atoms with Crippen LogP contribution in [0.2, 0.25) is 10.0 Å². The van der Waals surface area contributed by atoms with Crippen LogP contribution < -0.4 is 10.1 Å². The van der Waals surface area contributed by atoms with E-state index in [1.807, 2.05) is 42.9 Å². The maximum Gasteiger partial charge on any atom is 0.248 e. The van der Waals surface area contributed by atoms with Crippen LogP contribution in [0.1, 0.15) is 76.8 Å². The van der Waals surface area contributed by atoms with Crippen LogP contribution in [-0.4, -0.2) is 123 Å². The third-order valence-electron chi connectivity index (χ3n) is 14.3. The number of piperidine rings is 1. The van der Waals surface area contributed by atoms with E-state index in [4.69, 9.17) is 32.7 Å². The van der Waals surface area contributed by atoms with Gasteiger partial charge in [0.2, 0.25) is 29.6 Å². The number of nitrogens with zero attached hydrogens (tertiary/aromatic N) is 6. The minimum Gasteiger partial charge on any atom is -0.457 e. The van der Waals surface area contributed by atoms with Crippen LogP contribution in [0.3, 0.4) is 0 Å². The molecule has 4 aromatic rings. The third kappa shape index (κ3) is 11.6.